The van der Waals surface area contributed by atoms with Crippen LogP contribution >= 0.6 is 0 Å². The Balaban J connectivity index is 1.11. The predicted octanol–water partition coefficient (Wildman–Crippen LogP) is 14.6. The summed E-state index contributed by atoms with van der Waals surface area (Å²) in [5.41, 5.74) is 13.2. The summed E-state index contributed by atoms with van der Waals surface area (Å²) in [6.07, 6.45) is 0. The zero-order valence-electron chi connectivity index (χ0n) is 29.9. The van der Waals surface area contributed by atoms with E-state index in [1.54, 1.807) is 0 Å². The van der Waals surface area contributed by atoms with E-state index in [0.29, 0.717) is 0 Å². The highest BCUT2D eigenvalue weighted by Gasteiger charge is 2.19. The van der Waals surface area contributed by atoms with Gasteiger partial charge in [-0.05, 0) is 106 Å². The molecular formula is C52H34N2O. The van der Waals surface area contributed by atoms with E-state index < -0.39 is 0 Å². The lowest BCUT2D eigenvalue weighted by Gasteiger charge is -2.26. The molecule has 0 aliphatic carbocycles. The number of rotatable bonds is 6. The summed E-state index contributed by atoms with van der Waals surface area (Å²) in [5, 5.41) is 7.14. The minimum Gasteiger partial charge on any atom is -0.456 e. The lowest BCUT2D eigenvalue weighted by atomic mass is 9.96. The summed E-state index contributed by atoms with van der Waals surface area (Å²) in [5.74, 6) is 0. The first-order chi connectivity index (χ1) is 27.3. The molecule has 0 fully saturated rings. The predicted molar refractivity (Wildman–Crippen MR) is 231 cm³/mol. The summed E-state index contributed by atoms with van der Waals surface area (Å²) in [6, 6.07) is 74.1. The Bertz CT molecular complexity index is 3150. The number of fused-ring (bicyclic) bond motifs is 7. The Labute approximate surface area is 318 Å². The first kappa shape index (κ1) is 31.2. The fourth-order valence-corrected chi connectivity index (χ4v) is 8.41. The van der Waals surface area contributed by atoms with Crippen LogP contribution in [0.25, 0.3) is 82.5 Å². The Kier molecular flexibility index (Phi) is 7.17. The van der Waals surface area contributed by atoms with E-state index in [-0.39, 0.29) is 0 Å². The summed E-state index contributed by atoms with van der Waals surface area (Å²) in [4.78, 5) is 2.36. The highest BCUT2D eigenvalue weighted by atomic mass is 16.3. The van der Waals surface area contributed by atoms with Crippen LogP contribution in [-0.4, -0.2) is 4.57 Å². The number of benzene rings is 9. The van der Waals surface area contributed by atoms with Crippen LogP contribution in [0, 0.1) is 0 Å². The number of nitrogens with zero attached hydrogens (tertiary/aromatic N) is 2. The SMILES string of the molecule is c1ccc(-c2ccc(N(c3cccc(-c4cc(-n5c6ccccc6c6ccccc65)cc5ccccc45)c3)c3ccc4oc5ccccc5c4c3)cc2)cc1. The van der Waals surface area contributed by atoms with E-state index in [1.807, 2.05) is 12.1 Å². The van der Waals surface area contributed by atoms with Gasteiger partial charge in [0.05, 0.1) is 11.0 Å². The van der Waals surface area contributed by atoms with E-state index in [0.717, 1.165) is 50.3 Å². The lowest BCUT2D eigenvalue weighted by Crippen LogP contribution is -2.10. The monoisotopic (exact) mass is 702 g/mol. The van der Waals surface area contributed by atoms with Crippen LogP contribution in [-0.2, 0) is 0 Å². The maximum atomic E-state index is 6.26. The van der Waals surface area contributed by atoms with Gasteiger partial charge in [0.25, 0.3) is 0 Å². The van der Waals surface area contributed by atoms with Crippen molar-refractivity contribution in [1.29, 1.82) is 0 Å². The molecule has 258 valence electrons. The molecule has 0 atom stereocenters. The number of hydrogen-bond acceptors (Lipinski definition) is 2. The molecule has 0 bridgehead atoms. The molecule has 9 aromatic carbocycles. The van der Waals surface area contributed by atoms with Crippen LogP contribution < -0.4 is 4.90 Å². The molecule has 0 N–H and O–H groups in total. The van der Waals surface area contributed by atoms with Gasteiger partial charge < -0.3 is 13.9 Å². The minimum absolute atomic E-state index is 0.881. The molecule has 0 saturated heterocycles. The van der Waals surface area contributed by atoms with Crippen molar-refractivity contribution in [3.05, 3.63) is 206 Å². The van der Waals surface area contributed by atoms with Crippen molar-refractivity contribution in [2.75, 3.05) is 4.90 Å². The first-order valence-electron chi connectivity index (χ1n) is 18.8. The molecule has 0 saturated carbocycles. The number of aromatic nitrogens is 1. The van der Waals surface area contributed by atoms with Crippen LogP contribution in [0.5, 0.6) is 0 Å². The van der Waals surface area contributed by atoms with E-state index in [4.69, 9.17) is 4.42 Å². The first-order valence-corrected chi connectivity index (χ1v) is 18.8. The Hall–Kier alpha value is -7.36. The Morgan fingerprint density at radius 1 is 0.345 bits per heavy atom. The molecule has 0 amide bonds. The molecule has 0 aliphatic heterocycles. The molecular weight excluding hydrogens is 669 g/mol. The van der Waals surface area contributed by atoms with Gasteiger partial charge in [0.2, 0.25) is 0 Å². The van der Waals surface area contributed by atoms with Gasteiger partial charge in [0, 0.05) is 44.3 Å². The van der Waals surface area contributed by atoms with Crippen LogP contribution in [0.4, 0.5) is 17.1 Å². The Morgan fingerprint density at radius 2 is 0.927 bits per heavy atom. The van der Waals surface area contributed by atoms with Crippen molar-refractivity contribution < 1.29 is 4.42 Å². The average Bonchev–Trinajstić information content (AvgIpc) is 3.80. The van der Waals surface area contributed by atoms with E-state index >= 15 is 0 Å². The van der Waals surface area contributed by atoms with Crippen molar-refractivity contribution in [2.45, 2.75) is 0 Å². The van der Waals surface area contributed by atoms with Gasteiger partial charge in [-0.25, -0.2) is 0 Å². The van der Waals surface area contributed by atoms with E-state index in [9.17, 15) is 0 Å². The van der Waals surface area contributed by atoms with Gasteiger partial charge >= 0.3 is 0 Å². The molecule has 2 heterocycles. The molecule has 11 rings (SSSR count). The molecule has 3 heteroatoms. The van der Waals surface area contributed by atoms with Crippen LogP contribution in [0.2, 0.25) is 0 Å². The second-order valence-corrected chi connectivity index (χ2v) is 14.2. The quantitative estimate of drug-likeness (QED) is 0.172. The van der Waals surface area contributed by atoms with Gasteiger partial charge in [-0.15, -0.1) is 0 Å². The topological polar surface area (TPSA) is 21.3 Å². The normalized spacial score (nSPS) is 11.6. The van der Waals surface area contributed by atoms with Gasteiger partial charge in [0.15, 0.2) is 0 Å². The van der Waals surface area contributed by atoms with Gasteiger partial charge in [-0.2, -0.15) is 0 Å². The third-order valence-electron chi connectivity index (χ3n) is 11.0. The second kappa shape index (κ2) is 12.6. The Morgan fingerprint density at radius 3 is 1.71 bits per heavy atom. The lowest BCUT2D eigenvalue weighted by molar-refractivity contribution is 0.669. The zero-order valence-corrected chi connectivity index (χ0v) is 29.9. The van der Waals surface area contributed by atoms with Gasteiger partial charge in [-0.3, -0.25) is 0 Å². The third-order valence-corrected chi connectivity index (χ3v) is 11.0. The molecule has 55 heavy (non-hydrogen) atoms. The minimum atomic E-state index is 0.881. The smallest absolute Gasteiger partial charge is 0.135 e. The van der Waals surface area contributed by atoms with Gasteiger partial charge in [-0.1, -0.05) is 133 Å². The fraction of sp³-hybridized carbons (Fsp3) is 0. The van der Waals surface area contributed by atoms with Crippen molar-refractivity contribution in [2.24, 2.45) is 0 Å². The maximum Gasteiger partial charge on any atom is 0.135 e. The van der Waals surface area contributed by atoms with Gasteiger partial charge in [0.1, 0.15) is 11.2 Å². The second-order valence-electron chi connectivity index (χ2n) is 14.2. The molecule has 0 unspecified atom stereocenters. The largest absolute Gasteiger partial charge is 0.456 e. The van der Waals surface area contributed by atoms with Crippen molar-refractivity contribution in [3.63, 3.8) is 0 Å². The molecule has 2 aromatic heterocycles. The van der Waals surface area contributed by atoms with Crippen LogP contribution in [0.3, 0.4) is 0 Å². The van der Waals surface area contributed by atoms with Crippen molar-refractivity contribution >= 4 is 71.6 Å². The number of anilines is 3. The summed E-state index contributed by atoms with van der Waals surface area (Å²) in [6.45, 7) is 0. The molecule has 3 nitrogen and oxygen atoms in total. The molecule has 0 spiro atoms. The summed E-state index contributed by atoms with van der Waals surface area (Å²) < 4.78 is 8.67. The fourth-order valence-electron chi connectivity index (χ4n) is 8.41. The standard InChI is InChI=1S/C52H34N2O/c1-2-13-35(14-3-1)36-25-27-39(28-26-36)53(41-29-30-52-48(33-41)46-21-8-11-24-51(46)55-52)40-17-12-16-38(31-40)47-34-42(32-37-15-4-5-18-43(37)47)54-49-22-9-6-19-44(49)45-20-7-10-23-50(45)54/h1-34H. The highest BCUT2D eigenvalue weighted by Crippen LogP contribution is 2.42. The molecule has 0 aliphatic rings. The highest BCUT2D eigenvalue weighted by molar-refractivity contribution is 6.10. The average molecular weight is 703 g/mol. The van der Waals surface area contributed by atoms with Crippen LogP contribution in [0.15, 0.2) is 211 Å². The molecule has 0 radical (unpaired) electrons. The van der Waals surface area contributed by atoms with E-state index in [1.165, 1.54) is 49.3 Å². The summed E-state index contributed by atoms with van der Waals surface area (Å²) >= 11 is 0. The number of para-hydroxylation sites is 3. The maximum absolute atomic E-state index is 6.26. The van der Waals surface area contributed by atoms with E-state index in [2.05, 4.69) is 204 Å². The van der Waals surface area contributed by atoms with Crippen molar-refractivity contribution in [1.82, 2.24) is 4.57 Å². The summed E-state index contributed by atoms with van der Waals surface area (Å²) in [7, 11) is 0. The van der Waals surface area contributed by atoms with Crippen LogP contribution in [0.1, 0.15) is 0 Å². The van der Waals surface area contributed by atoms with Crippen molar-refractivity contribution in [3.8, 4) is 27.9 Å². The molecule has 11 aromatic rings. The number of hydrogen-bond donors (Lipinski definition) is 0. The zero-order chi connectivity index (χ0) is 36.3. The number of furan rings is 1. The third kappa shape index (κ3) is 5.20.